The largest absolute Gasteiger partial charge is 0.506 e. The summed E-state index contributed by atoms with van der Waals surface area (Å²) in [5.74, 6) is 0.00395. The molecule has 0 aliphatic carbocycles. The van der Waals surface area contributed by atoms with Gasteiger partial charge in [0.2, 0.25) is 0 Å². The molecule has 0 radical (unpaired) electrons. The highest BCUT2D eigenvalue weighted by molar-refractivity contribution is 8.19. The predicted molar refractivity (Wildman–Crippen MR) is 145 cm³/mol. The summed E-state index contributed by atoms with van der Waals surface area (Å²) in [6, 6.07) is 29.4. The number of hydrogen-bond acceptors (Lipinski definition) is 6. The van der Waals surface area contributed by atoms with E-state index in [1.54, 1.807) is 22.7 Å². The van der Waals surface area contributed by atoms with Gasteiger partial charge in [0.15, 0.2) is 5.17 Å². The summed E-state index contributed by atoms with van der Waals surface area (Å²) in [6.07, 6.45) is 0. The normalized spacial score (nSPS) is 18.7. The molecule has 4 aromatic carbocycles. The smallest absolute Gasteiger partial charge is 0.269 e. The summed E-state index contributed by atoms with van der Waals surface area (Å²) in [7, 11) is 1.99. The Balaban J connectivity index is 1.48. The number of carbonyl (C=O) groups is 1. The summed E-state index contributed by atoms with van der Waals surface area (Å²) in [5, 5.41) is 14.0. The van der Waals surface area contributed by atoms with E-state index in [2.05, 4.69) is 17.0 Å². The van der Waals surface area contributed by atoms with Crippen LogP contribution in [0, 0.1) is 0 Å². The van der Waals surface area contributed by atoms with Gasteiger partial charge in [-0.2, -0.15) is 0 Å². The van der Waals surface area contributed by atoms with Crippen LogP contribution in [-0.4, -0.2) is 28.1 Å². The third kappa shape index (κ3) is 3.87. The molecule has 1 N–H and O–H groups in total. The molecule has 0 atom stereocenters. The number of thioether (sulfide) groups is 2. The molecule has 2 aliphatic heterocycles. The number of rotatable bonds is 3. The molecule has 0 spiro atoms. The number of aliphatic imine (C=N–C) groups is 1. The Morgan fingerprint density at radius 3 is 2.43 bits per heavy atom. The molecule has 0 saturated carbocycles. The number of phenolic OH excluding ortho intramolecular Hbond substituents is 1. The fourth-order valence-corrected chi connectivity index (χ4v) is 6.61. The predicted octanol–water partition coefficient (Wildman–Crippen LogP) is 6.72. The van der Waals surface area contributed by atoms with E-state index >= 15 is 0 Å². The molecule has 0 bridgehead atoms. The first kappa shape index (κ1) is 21.8. The Labute approximate surface area is 211 Å². The van der Waals surface area contributed by atoms with Gasteiger partial charge in [0.05, 0.1) is 17.3 Å². The maximum Gasteiger partial charge on any atom is 0.269 e. The van der Waals surface area contributed by atoms with Crippen molar-refractivity contribution in [3.05, 3.63) is 106 Å². The lowest BCUT2D eigenvalue weighted by atomic mass is 10.1. The van der Waals surface area contributed by atoms with Gasteiger partial charge in [0.1, 0.15) is 16.3 Å². The fraction of sp³-hybridized carbons (Fsp3) is 0.0714. The van der Waals surface area contributed by atoms with Gasteiger partial charge >= 0.3 is 0 Å². The Hall–Kier alpha value is -3.68. The SMILES string of the molecule is CN1/C(=C2/SC(=Nc3c(O)ccc4ccccc34)N(Cc3ccccc3)C2=O)Sc2ccccc21. The van der Waals surface area contributed by atoms with Gasteiger partial charge in [-0.15, -0.1) is 0 Å². The lowest BCUT2D eigenvalue weighted by Crippen LogP contribution is -2.29. The fourth-order valence-electron chi connectivity index (χ4n) is 4.28. The number of para-hydroxylation sites is 1. The van der Waals surface area contributed by atoms with Gasteiger partial charge in [-0.05, 0) is 40.9 Å². The summed E-state index contributed by atoms with van der Waals surface area (Å²) >= 11 is 2.96. The molecule has 0 unspecified atom stereocenters. The second-order valence-corrected chi connectivity index (χ2v) is 10.3. The number of anilines is 1. The number of hydrogen-bond donors (Lipinski definition) is 1. The van der Waals surface area contributed by atoms with E-state index in [0.717, 1.165) is 31.9 Å². The highest BCUT2D eigenvalue weighted by Crippen LogP contribution is 2.50. The van der Waals surface area contributed by atoms with Crippen LogP contribution in [0.15, 0.2) is 111 Å². The highest BCUT2D eigenvalue weighted by Gasteiger charge is 2.39. The van der Waals surface area contributed by atoms with Crippen molar-refractivity contribution in [3.63, 3.8) is 0 Å². The summed E-state index contributed by atoms with van der Waals surface area (Å²) in [6.45, 7) is 0.398. The van der Waals surface area contributed by atoms with Crippen LogP contribution in [0.1, 0.15) is 5.56 Å². The molecule has 2 heterocycles. The van der Waals surface area contributed by atoms with E-state index in [1.807, 2.05) is 79.8 Å². The van der Waals surface area contributed by atoms with Gasteiger partial charge in [0, 0.05) is 17.3 Å². The van der Waals surface area contributed by atoms with Crippen LogP contribution < -0.4 is 4.90 Å². The minimum Gasteiger partial charge on any atom is -0.506 e. The Bertz CT molecular complexity index is 1530. The summed E-state index contributed by atoms with van der Waals surface area (Å²) in [5.41, 5.74) is 2.57. The Morgan fingerprint density at radius 2 is 1.60 bits per heavy atom. The van der Waals surface area contributed by atoms with E-state index in [0.29, 0.717) is 22.3 Å². The van der Waals surface area contributed by atoms with Gasteiger partial charge in [0.25, 0.3) is 5.91 Å². The lowest BCUT2D eigenvalue weighted by molar-refractivity contribution is -0.122. The molecule has 172 valence electrons. The molecule has 7 heteroatoms. The van der Waals surface area contributed by atoms with Crippen molar-refractivity contribution < 1.29 is 9.90 Å². The maximum atomic E-state index is 13.8. The van der Waals surface area contributed by atoms with Crippen LogP contribution in [0.5, 0.6) is 5.75 Å². The van der Waals surface area contributed by atoms with E-state index in [4.69, 9.17) is 4.99 Å². The number of amides is 1. The van der Waals surface area contributed by atoms with Crippen LogP contribution >= 0.6 is 23.5 Å². The van der Waals surface area contributed by atoms with E-state index in [9.17, 15) is 9.90 Å². The van der Waals surface area contributed by atoms with Gasteiger partial charge in [-0.1, -0.05) is 84.6 Å². The molecule has 0 aromatic heterocycles. The summed E-state index contributed by atoms with van der Waals surface area (Å²) in [4.78, 5) is 24.2. The Morgan fingerprint density at radius 1 is 0.857 bits per heavy atom. The molecule has 1 fully saturated rings. The van der Waals surface area contributed by atoms with Crippen molar-refractivity contribution in [2.24, 2.45) is 4.99 Å². The summed E-state index contributed by atoms with van der Waals surface area (Å²) < 4.78 is 0. The molecular formula is C28H21N3O2S2. The Kier molecular flexibility index (Phi) is 5.51. The number of nitrogens with zero attached hydrogens (tertiary/aromatic N) is 3. The van der Waals surface area contributed by atoms with Crippen molar-refractivity contribution >= 4 is 56.7 Å². The van der Waals surface area contributed by atoms with Crippen molar-refractivity contribution in [1.82, 2.24) is 4.90 Å². The van der Waals surface area contributed by atoms with Crippen LogP contribution in [0.2, 0.25) is 0 Å². The van der Waals surface area contributed by atoms with Gasteiger partial charge < -0.3 is 10.0 Å². The standard InChI is InChI=1S/C28H21N3O2S2/c1-30-21-13-7-8-14-23(21)34-27(30)25-26(33)31(17-18-9-3-2-4-10-18)28(35-25)29-24-20-12-6-5-11-19(20)15-16-22(24)32/h2-16,32H,17H2,1H3/b27-25-,29-28?. The zero-order chi connectivity index (χ0) is 23.9. The molecule has 35 heavy (non-hydrogen) atoms. The monoisotopic (exact) mass is 495 g/mol. The molecule has 4 aromatic rings. The minimum atomic E-state index is -0.0838. The van der Waals surface area contributed by atoms with Crippen molar-refractivity contribution in [3.8, 4) is 5.75 Å². The average Bonchev–Trinajstić information content (AvgIpc) is 3.38. The average molecular weight is 496 g/mol. The van der Waals surface area contributed by atoms with Crippen molar-refractivity contribution in [1.29, 1.82) is 0 Å². The van der Waals surface area contributed by atoms with E-state index in [-0.39, 0.29) is 11.7 Å². The quantitative estimate of drug-likeness (QED) is 0.320. The number of carbonyl (C=O) groups excluding carboxylic acids is 1. The van der Waals surface area contributed by atoms with Gasteiger partial charge in [-0.25, -0.2) is 4.99 Å². The molecule has 1 amide bonds. The number of benzene rings is 4. The zero-order valence-electron chi connectivity index (χ0n) is 18.9. The van der Waals surface area contributed by atoms with Crippen LogP contribution in [0.3, 0.4) is 0 Å². The van der Waals surface area contributed by atoms with E-state index in [1.165, 1.54) is 11.8 Å². The molecule has 6 rings (SSSR count). The molecule has 5 nitrogen and oxygen atoms in total. The first-order valence-electron chi connectivity index (χ1n) is 11.2. The third-order valence-corrected chi connectivity index (χ3v) is 8.50. The topological polar surface area (TPSA) is 56.1 Å². The second kappa shape index (κ2) is 8.83. The van der Waals surface area contributed by atoms with Crippen molar-refractivity contribution in [2.45, 2.75) is 11.4 Å². The van der Waals surface area contributed by atoms with Gasteiger partial charge in [-0.3, -0.25) is 9.69 Å². The molecule has 2 aliphatic rings. The minimum absolute atomic E-state index is 0.0838. The number of fused-ring (bicyclic) bond motifs is 2. The molecule has 1 saturated heterocycles. The lowest BCUT2D eigenvalue weighted by Gasteiger charge is -2.17. The maximum absolute atomic E-state index is 13.8. The first-order chi connectivity index (χ1) is 17.1. The molecular weight excluding hydrogens is 474 g/mol. The zero-order valence-corrected chi connectivity index (χ0v) is 20.5. The van der Waals surface area contributed by atoms with Crippen molar-refractivity contribution in [2.75, 3.05) is 11.9 Å². The highest BCUT2D eigenvalue weighted by atomic mass is 32.2. The van der Waals surface area contributed by atoms with Crippen LogP contribution in [-0.2, 0) is 11.3 Å². The number of aromatic hydroxyl groups is 1. The van der Waals surface area contributed by atoms with Crippen LogP contribution in [0.4, 0.5) is 11.4 Å². The second-order valence-electron chi connectivity index (χ2n) is 8.29. The van der Waals surface area contributed by atoms with Crippen LogP contribution in [0.25, 0.3) is 10.8 Å². The first-order valence-corrected chi connectivity index (χ1v) is 12.8. The van der Waals surface area contributed by atoms with E-state index < -0.39 is 0 Å². The third-order valence-electron chi connectivity index (χ3n) is 6.07. The number of phenols is 1. The number of amidine groups is 1.